The molecule has 0 amide bonds. The van der Waals surface area contributed by atoms with Crippen LogP contribution in [0.25, 0.3) is 0 Å². The number of hydrogen-bond acceptors (Lipinski definition) is 4. The molecule has 0 aliphatic heterocycles. The lowest BCUT2D eigenvalue weighted by molar-refractivity contribution is 0.271. The lowest BCUT2D eigenvalue weighted by atomic mass is 10.1. The van der Waals surface area contributed by atoms with E-state index in [4.69, 9.17) is 5.73 Å². The summed E-state index contributed by atoms with van der Waals surface area (Å²) in [5.41, 5.74) is 7.30. The van der Waals surface area contributed by atoms with E-state index < -0.39 is 10.0 Å². The van der Waals surface area contributed by atoms with Gasteiger partial charge in [-0.25, -0.2) is 13.1 Å². The Balaban J connectivity index is 2.39. The van der Waals surface area contributed by atoms with Gasteiger partial charge in [0.25, 0.3) is 0 Å². The summed E-state index contributed by atoms with van der Waals surface area (Å²) in [5, 5.41) is 0. The molecule has 0 fully saturated rings. The molecule has 5 nitrogen and oxygen atoms in total. The molecule has 0 saturated heterocycles. The Labute approximate surface area is 128 Å². The minimum atomic E-state index is -3.27. The van der Waals surface area contributed by atoms with Crippen LogP contribution in [-0.4, -0.2) is 39.5 Å². The molecule has 21 heavy (non-hydrogen) atoms. The van der Waals surface area contributed by atoms with Gasteiger partial charge in [-0.3, -0.25) is 0 Å². The Bertz CT molecular complexity index is 512. The molecule has 1 rings (SSSR count). The molecule has 0 aliphatic carbocycles. The maximum absolute atomic E-state index is 12.0. The minimum Gasteiger partial charge on any atom is -0.326 e. The lowest BCUT2D eigenvalue weighted by Crippen LogP contribution is -2.31. The number of nitrogens with two attached hydrogens (primary N) is 1. The molecule has 1 aromatic carbocycles. The highest BCUT2D eigenvalue weighted by Crippen LogP contribution is 2.07. The molecule has 0 unspecified atom stereocenters. The summed E-state index contributed by atoms with van der Waals surface area (Å²) in [4.78, 5) is 2.19. The van der Waals surface area contributed by atoms with E-state index in [1.807, 2.05) is 31.3 Å². The predicted octanol–water partition coefficient (Wildman–Crippen LogP) is 1.30. The van der Waals surface area contributed by atoms with E-state index in [2.05, 4.69) is 23.5 Å². The van der Waals surface area contributed by atoms with Crippen molar-refractivity contribution < 1.29 is 8.42 Å². The molecular formula is C15H27N3O2S. The molecule has 1 aromatic rings. The van der Waals surface area contributed by atoms with Crippen molar-refractivity contribution in [2.45, 2.75) is 38.6 Å². The first-order chi connectivity index (χ1) is 9.84. The van der Waals surface area contributed by atoms with Gasteiger partial charge in [-0.15, -0.1) is 0 Å². The normalized spacial score (nSPS) is 12.3. The van der Waals surface area contributed by atoms with E-state index in [0.717, 1.165) is 24.1 Å². The highest BCUT2D eigenvalue weighted by atomic mass is 32.2. The third-order valence-electron chi connectivity index (χ3n) is 3.51. The summed E-state index contributed by atoms with van der Waals surface area (Å²) >= 11 is 0. The fourth-order valence-corrected chi connectivity index (χ4v) is 3.05. The molecule has 120 valence electrons. The van der Waals surface area contributed by atoms with E-state index >= 15 is 0 Å². The number of nitrogens with one attached hydrogen (secondary N) is 1. The Kier molecular flexibility index (Phi) is 7.31. The summed E-state index contributed by atoms with van der Waals surface area (Å²) in [6.45, 7) is 6.06. The van der Waals surface area contributed by atoms with Crippen LogP contribution in [0.2, 0.25) is 0 Å². The largest absolute Gasteiger partial charge is 0.326 e. The molecule has 0 aromatic heterocycles. The standard InChI is InChI=1S/C15H27N3O2S/c1-13(2)18(3)10-4-9-17-21(19,20)12-15-7-5-14(11-16)6-8-15/h5-8,13,17H,4,9-12,16H2,1-3H3. The van der Waals surface area contributed by atoms with E-state index in [1.165, 1.54) is 0 Å². The molecule has 3 N–H and O–H groups in total. The first-order valence-electron chi connectivity index (χ1n) is 7.29. The second kappa shape index (κ2) is 8.48. The molecular weight excluding hydrogens is 286 g/mol. The van der Waals surface area contributed by atoms with Crippen molar-refractivity contribution in [2.24, 2.45) is 5.73 Å². The monoisotopic (exact) mass is 313 g/mol. The zero-order valence-corrected chi connectivity index (χ0v) is 14.0. The van der Waals surface area contributed by atoms with Gasteiger partial charge in [-0.05, 0) is 45.0 Å². The first-order valence-corrected chi connectivity index (χ1v) is 8.95. The number of hydrogen-bond donors (Lipinski definition) is 2. The van der Waals surface area contributed by atoms with Crippen molar-refractivity contribution in [2.75, 3.05) is 20.1 Å². The number of benzene rings is 1. The van der Waals surface area contributed by atoms with Crippen LogP contribution >= 0.6 is 0 Å². The van der Waals surface area contributed by atoms with Crippen LogP contribution in [0.5, 0.6) is 0 Å². The minimum absolute atomic E-state index is 0.0118. The highest BCUT2D eigenvalue weighted by Gasteiger charge is 2.11. The number of nitrogens with zero attached hydrogens (tertiary/aromatic N) is 1. The van der Waals surface area contributed by atoms with Crippen molar-refractivity contribution in [3.05, 3.63) is 35.4 Å². The first kappa shape index (κ1) is 18.1. The summed E-state index contributed by atoms with van der Waals surface area (Å²) in [5.74, 6) is 0.0118. The molecule has 0 saturated carbocycles. The zero-order chi connectivity index (χ0) is 15.9. The molecule has 0 spiro atoms. The maximum Gasteiger partial charge on any atom is 0.215 e. The van der Waals surface area contributed by atoms with Gasteiger partial charge in [0.2, 0.25) is 10.0 Å². The Morgan fingerprint density at radius 2 is 1.76 bits per heavy atom. The van der Waals surface area contributed by atoms with Crippen molar-refractivity contribution in [1.82, 2.24) is 9.62 Å². The van der Waals surface area contributed by atoms with Gasteiger partial charge >= 0.3 is 0 Å². The van der Waals surface area contributed by atoms with E-state index in [-0.39, 0.29) is 5.75 Å². The lowest BCUT2D eigenvalue weighted by Gasteiger charge is -2.20. The van der Waals surface area contributed by atoms with Crippen molar-refractivity contribution in [3.8, 4) is 0 Å². The second-order valence-corrected chi connectivity index (χ2v) is 7.41. The van der Waals surface area contributed by atoms with Crippen molar-refractivity contribution in [3.63, 3.8) is 0 Å². The number of sulfonamides is 1. The van der Waals surface area contributed by atoms with Crippen LogP contribution in [0.4, 0.5) is 0 Å². The van der Waals surface area contributed by atoms with Crippen LogP contribution in [0, 0.1) is 0 Å². The van der Waals surface area contributed by atoms with Crippen LogP contribution in [0.15, 0.2) is 24.3 Å². The van der Waals surface area contributed by atoms with E-state index in [9.17, 15) is 8.42 Å². The van der Waals surface area contributed by atoms with Gasteiger partial charge in [0, 0.05) is 19.1 Å². The summed E-state index contributed by atoms with van der Waals surface area (Å²) in [6, 6.07) is 7.83. The molecule has 0 atom stereocenters. The predicted molar refractivity (Wildman–Crippen MR) is 87.3 cm³/mol. The highest BCUT2D eigenvalue weighted by molar-refractivity contribution is 7.88. The third kappa shape index (κ3) is 7.04. The second-order valence-electron chi connectivity index (χ2n) is 5.60. The van der Waals surface area contributed by atoms with Gasteiger partial charge < -0.3 is 10.6 Å². The zero-order valence-electron chi connectivity index (χ0n) is 13.2. The summed E-state index contributed by atoms with van der Waals surface area (Å²) in [6.07, 6.45) is 0.806. The average Bonchev–Trinajstić information content (AvgIpc) is 2.43. The molecule has 6 heteroatoms. The van der Waals surface area contributed by atoms with Gasteiger partial charge in [0.05, 0.1) is 5.75 Å². The van der Waals surface area contributed by atoms with Crippen molar-refractivity contribution in [1.29, 1.82) is 0 Å². The van der Waals surface area contributed by atoms with Crippen LogP contribution < -0.4 is 10.5 Å². The van der Waals surface area contributed by atoms with Crippen LogP contribution in [0.1, 0.15) is 31.4 Å². The van der Waals surface area contributed by atoms with Gasteiger partial charge in [0.15, 0.2) is 0 Å². The third-order valence-corrected chi connectivity index (χ3v) is 4.86. The van der Waals surface area contributed by atoms with E-state index in [1.54, 1.807) is 0 Å². The SMILES string of the molecule is CC(C)N(C)CCCNS(=O)(=O)Cc1ccc(CN)cc1. The van der Waals surface area contributed by atoms with Gasteiger partial charge in [-0.1, -0.05) is 24.3 Å². The van der Waals surface area contributed by atoms with Crippen LogP contribution in [-0.2, 0) is 22.3 Å². The molecule has 0 bridgehead atoms. The molecule has 0 heterocycles. The van der Waals surface area contributed by atoms with E-state index in [0.29, 0.717) is 19.1 Å². The average molecular weight is 313 g/mol. The fourth-order valence-electron chi connectivity index (χ4n) is 1.86. The quantitative estimate of drug-likeness (QED) is 0.674. The summed E-state index contributed by atoms with van der Waals surface area (Å²) in [7, 11) is -1.23. The molecule has 0 radical (unpaired) electrons. The smallest absolute Gasteiger partial charge is 0.215 e. The maximum atomic E-state index is 12.0. The Hall–Kier alpha value is -0.950. The van der Waals surface area contributed by atoms with Crippen molar-refractivity contribution >= 4 is 10.0 Å². The van der Waals surface area contributed by atoms with Gasteiger partial charge in [0.1, 0.15) is 0 Å². The van der Waals surface area contributed by atoms with Crippen LogP contribution in [0.3, 0.4) is 0 Å². The Morgan fingerprint density at radius 1 is 1.19 bits per heavy atom. The van der Waals surface area contributed by atoms with Gasteiger partial charge in [-0.2, -0.15) is 0 Å². The fraction of sp³-hybridized carbons (Fsp3) is 0.600. The Morgan fingerprint density at radius 3 is 2.29 bits per heavy atom. The summed E-state index contributed by atoms with van der Waals surface area (Å²) < 4.78 is 26.6. The number of rotatable bonds is 9. The molecule has 0 aliphatic rings. The topological polar surface area (TPSA) is 75.4 Å².